The summed E-state index contributed by atoms with van der Waals surface area (Å²) in [4.78, 5) is 43.0. The molecule has 31 heavy (non-hydrogen) atoms. The third kappa shape index (κ3) is 4.50. The number of aromatic amines is 1. The van der Waals surface area contributed by atoms with Gasteiger partial charge in [0.1, 0.15) is 11.4 Å². The fraction of sp³-hybridized carbons (Fsp3) is 0.208. The zero-order chi connectivity index (χ0) is 21.8. The summed E-state index contributed by atoms with van der Waals surface area (Å²) in [5.41, 5.74) is 1.06. The van der Waals surface area contributed by atoms with Gasteiger partial charge in [-0.25, -0.2) is 0 Å². The van der Waals surface area contributed by atoms with Crippen molar-refractivity contribution in [3.8, 4) is 5.75 Å². The van der Waals surface area contributed by atoms with Crippen LogP contribution in [0.5, 0.6) is 5.75 Å². The van der Waals surface area contributed by atoms with Gasteiger partial charge in [-0.05, 0) is 54.6 Å². The molecular weight excluding hydrogens is 394 g/mol. The third-order valence-corrected chi connectivity index (χ3v) is 5.29. The third-order valence-electron chi connectivity index (χ3n) is 5.29. The first kappa shape index (κ1) is 20.4. The molecular formula is C24H23N3O4. The summed E-state index contributed by atoms with van der Waals surface area (Å²) in [5.74, 6) is -0.0659. The highest BCUT2D eigenvalue weighted by molar-refractivity contribution is 6.05. The number of carbonyl (C=O) groups excluding carboxylic acids is 2. The summed E-state index contributed by atoms with van der Waals surface area (Å²) < 4.78 is 5.20. The lowest BCUT2D eigenvalue weighted by Crippen LogP contribution is -2.37. The largest absolute Gasteiger partial charge is 0.497 e. The molecule has 1 aromatic heterocycles. The number of methoxy groups -OCH3 is 1. The van der Waals surface area contributed by atoms with Crippen molar-refractivity contribution in [3.05, 3.63) is 81.8 Å². The molecule has 1 aliphatic heterocycles. The fourth-order valence-corrected chi connectivity index (χ4v) is 3.61. The van der Waals surface area contributed by atoms with Crippen LogP contribution in [-0.2, 0) is 4.79 Å². The first-order valence-corrected chi connectivity index (χ1v) is 10.1. The Balaban J connectivity index is 1.73. The SMILES string of the molecule is COc1ccc2cc(C=C(NC(=O)c3ccccc3)C(=O)N3CCCC3)c(=O)[nH]c2c1. The maximum atomic E-state index is 13.1. The van der Waals surface area contributed by atoms with E-state index < -0.39 is 5.91 Å². The number of hydrogen-bond donors (Lipinski definition) is 2. The van der Waals surface area contributed by atoms with Gasteiger partial charge in [-0.15, -0.1) is 0 Å². The van der Waals surface area contributed by atoms with Crippen molar-refractivity contribution >= 4 is 28.8 Å². The van der Waals surface area contributed by atoms with E-state index in [9.17, 15) is 14.4 Å². The average molecular weight is 417 g/mol. The number of carbonyl (C=O) groups is 2. The standard InChI is InChI=1S/C24H23N3O4/c1-31-19-10-9-17-13-18(23(29)25-20(17)15-19)14-21(24(30)27-11-5-6-12-27)26-22(28)16-7-3-2-4-8-16/h2-4,7-10,13-15H,5-6,11-12H2,1H3,(H,25,29)(H,26,28). The van der Waals surface area contributed by atoms with Gasteiger partial charge < -0.3 is 19.9 Å². The highest BCUT2D eigenvalue weighted by atomic mass is 16.5. The van der Waals surface area contributed by atoms with Crippen molar-refractivity contribution in [2.75, 3.05) is 20.2 Å². The summed E-state index contributed by atoms with van der Waals surface area (Å²) in [5, 5.41) is 3.50. The van der Waals surface area contributed by atoms with E-state index in [0.29, 0.717) is 29.9 Å². The Labute approximate surface area is 179 Å². The Morgan fingerprint density at radius 1 is 1.06 bits per heavy atom. The molecule has 2 aromatic carbocycles. The second kappa shape index (κ2) is 8.87. The molecule has 2 N–H and O–H groups in total. The molecule has 0 radical (unpaired) electrons. The first-order chi connectivity index (χ1) is 15.0. The van der Waals surface area contributed by atoms with Crippen LogP contribution in [0.1, 0.15) is 28.8 Å². The molecule has 7 heteroatoms. The van der Waals surface area contributed by atoms with E-state index >= 15 is 0 Å². The Kier molecular flexibility index (Phi) is 5.84. The number of H-pyrrole nitrogens is 1. The maximum absolute atomic E-state index is 13.1. The molecule has 1 saturated heterocycles. The highest BCUT2D eigenvalue weighted by Gasteiger charge is 2.23. The van der Waals surface area contributed by atoms with Crippen molar-refractivity contribution in [1.29, 1.82) is 0 Å². The van der Waals surface area contributed by atoms with Crippen LogP contribution in [0.15, 0.2) is 65.1 Å². The van der Waals surface area contributed by atoms with Crippen LogP contribution in [0.3, 0.4) is 0 Å². The molecule has 3 aromatic rings. The molecule has 2 heterocycles. The van der Waals surface area contributed by atoms with Crippen LogP contribution >= 0.6 is 0 Å². The van der Waals surface area contributed by atoms with Gasteiger partial charge in [0.05, 0.1) is 12.6 Å². The normalized spacial score (nSPS) is 14.0. The molecule has 1 aliphatic rings. The summed E-state index contributed by atoms with van der Waals surface area (Å²) in [6.45, 7) is 1.26. The second-order valence-corrected chi connectivity index (χ2v) is 7.38. The zero-order valence-electron chi connectivity index (χ0n) is 17.2. The van der Waals surface area contributed by atoms with Gasteiger partial charge >= 0.3 is 0 Å². The number of nitrogens with one attached hydrogen (secondary N) is 2. The Hall–Kier alpha value is -3.87. The molecule has 0 spiro atoms. The number of hydrogen-bond acceptors (Lipinski definition) is 4. The van der Waals surface area contributed by atoms with E-state index in [-0.39, 0.29) is 22.7 Å². The predicted octanol–water partition coefficient (Wildman–Crippen LogP) is 2.93. The predicted molar refractivity (Wildman–Crippen MR) is 119 cm³/mol. The molecule has 0 saturated carbocycles. The average Bonchev–Trinajstić information content (AvgIpc) is 3.33. The van der Waals surface area contributed by atoms with E-state index in [0.717, 1.165) is 18.2 Å². The van der Waals surface area contributed by atoms with Crippen LogP contribution in [0.4, 0.5) is 0 Å². The lowest BCUT2D eigenvalue weighted by atomic mass is 10.1. The van der Waals surface area contributed by atoms with Crippen molar-refractivity contribution in [2.45, 2.75) is 12.8 Å². The van der Waals surface area contributed by atoms with Crippen LogP contribution < -0.4 is 15.6 Å². The van der Waals surface area contributed by atoms with Gasteiger partial charge in [-0.1, -0.05) is 18.2 Å². The maximum Gasteiger partial charge on any atom is 0.270 e. The monoisotopic (exact) mass is 417 g/mol. The van der Waals surface area contributed by atoms with Gasteiger partial charge in [-0.3, -0.25) is 14.4 Å². The second-order valence-electron chi connectivity index (χ2n) is 7.38. The molecule has 0 bridgehead atoms. The minimum absolute atomic E-state index is 0.0779. The molecule has 7 nitrogen and oxygen atoms in total. The Morgan fingerprint density at radius 3 is 2.52 bits per heavy atom. The van der Waals surface area contributed by atoms with Crippen LogP contribution in [-0.4, -0.2) is 41.9 Å². The van der Waals surface area contributed by atoms with Crippen molar-refractivity contribution in [3.63, 3.8) is 0 Å². The van der Waals surface area contributed by atoms with Gasteiger partial charge in [0.25, 0.3) is 17.4 Å². The smallest absolute Gasteiger partial charge is 0.270 e. The molecule has 4 rings (SSSR count). The number of ether oxygens (including phenoxy) is 1. The van der Waals surface area contributed by atoms with Gasteiger partial charge in [0, 0.05) is 30.3 Å². The van der Waals surface area contributed by atoms with E-state index in [1.54, 1.807) is 54.5 Å². The number of benzene rings is 2. The zero-order valence-corrected chi connectivity index (χ0v) is 17.2. The molecule has 1 fully saturated rings. The van der Waals surface area contributed by atoms with Gasteiger partial charge in [-0.2, -0.15) is 0 Å². The number of amides is 2. The van der Waals surface area contributed by atoms with E-state index in [4.69, 9.17) is 4.74 Å². The molecule has 0 aliphatic carbocycles. The summed E-state index contributed by atoms with van der Waals surface area (Å²) in [6, 6.07) is 15.7. The van der Waals surface area contributed by atoms with Crippen molar-refractivity contribution in [1.82, 2.24) is 15.2 Å². The number of fused-ring (bicyclic) bond motifs is 1. The summed E-state index contributed by atoms with van der Waals surface area (Å²) >= 11 is 0. The number of aromatic nitrogens is 1. The molecule has 2 amide bonds. The van der Waals surface area contributed by atoms with Crippen molar-refractivity contribution < 1.29 is 14.3 Å². The molecule has 158 valence electrons. The first-order valence-electron chi connectivity index (χ1n) is 10.1. The minimum Gasteiger partial charge on any atom is -0.497 e. The van der Waals surface area contributed by atoms with Crippen molar-refractivity contribution in [2.24, 2.45) is 0 Å². The lowest BCUT2D eigenvalue weighted by Gasteiger charge is -2.18. The number of pyridine rings is 1. The number of nitrogens with zero attached hydrogens (tertiary/aromatic N) is 1. The Morgan fingerprint density at radius 2 is 1.81 bits per heavy atom. The quantitative estimate of drug-likeness (QED) is 0.625. The number of rotatable bonds is 5. The molecule has 0 unspecified atom stereocenters. The molecule has 0 atom stereocenters. The van der Waals surface area contributed by atoms with Crippen LogP contribution in [0.25, 0.3) is 17.0 Å². The number of likely N-dealkylation sites (tertiary alicyclic amines) is 1. The minimum atomic E-state index is -0.402. The van der Waals surface area contributed by atoms with Crippen LogP contribution in [0.2, 0.25) is 0 Å². The summed E-state index contributed by atoms with van der Waals surface area (Å²) in [7, 11) is 1.56. The summed E-state index contributed by atoms with van der Waals surface area (Å²) in [6.07, 6.45) is 3.29. The van der Waals surface area contributed by atoms with Gasteiger partial charge in [0.2, 0.25) is 0 Å². The highest BCUT2D eigenvalue weighted by Crippen LogP contribution is 2.20. The fourth-order valence-electron chi connectivity index (χ4n) is 3.61. The van der Waals surface area contributed by atoms with E-state index in [2.05, 4.69) is 10.3 Å². The van der Waals surface area contributed by atoms with Gasteiger partial charge in [0.15, 0.2) is 0 Å². The van der Waals surface area contributed by atoms with E-state index in [1.807, 2.05) is 12.1 Å². The van der Waals surface area contributed by atoms with E-state index in [1.165, 1.54) is 6.08 Å². The lowest BCUT2D eigenvalue weighted by molar-refractivity contribution is -0.126. The Bertz CT molecular complexity index is 1210. The topological polar surface area (TPSA) is 91.5 Å². The van der Waals surface area contributed by atoms with Crippen LogP contribution in [0, 0.1) is 0 Å².